The molecule has 14 heavy (non-hydrogen) atoms. The third-order valence-corrected chi connectivity index (χ3v) is 3.00. The normalized spacial score (nSPS) is 14.4. The molecule has 1 unspecified atom stereocenters. The van der Waals surface area contributed by atoms with Crippen LogP contribution in [-0.2, 0) is 5.54 Å². The van der Waals surface area contributed by atoms with E-state index in [0.29, 0.717) is 6.04 Å². The maximum atomic E-state index is 4.23. The second-order valence-electron chi connectivity index (χ2n) is 4.32. The molecule has 1 heterocycles. The van der Waals surface area contributed by atoms with Crippen LogP contribution in [0.5, 0.6) is 0 Å². The van der Waals surface area contributed by atoms with E-state index in [1.165, 1.54) is 5.69 Å². The Balaban J connectivity index is 3.04. The Labute approximate surface area is 86.5 Å². The average Bonchev–Trinajstić information content (AvgIpc) is 2.65. The van der Waals surface area contributed by atoms with E-state index in [9.17, 15) is 0 Å². The summed E-state index contributed by atoms with van der Waals surface area (Å²) in [6.07, 6.45) is 4.99. The molecule has 1 N–H and O–H groups in total. The molecular formula is C11H21N3. The van der Waals surface area contributed by atoms with Gasteiger partial charge in [0.25, 0.3) is 0 Å². The highest BCUT2D eigenvalue weighted by Crippen LogP contribution is 2.23. The van der Waals surface area contributed by atoms with Crippen LogP contribution in [0.3, 0.4) is 0 Å². The first-order chi connectivity index (χ1) is 6.53. The summed E-state index contributed by atoms with van der Waals surface area (Å²) < 4.78 is 2.25. The molecule has 0 aromatic carbocycles. The molecule has 0 aliphatic heterocycles. The molecule has 1 aromatic heterocycles. The Bertz CT molecular complexity index is 288. The molecule has 0 fully saturated rings. The highest BCUT2D eigenvalue weighted by molar-refractivity contribution is 5.11. The van der Waals surface area contributed by atoms with Crippen molar-refractivity contribution in [3.8, 4) is 0 Å². The Kier molecular flexibility index (Phi) is 3.32. The van der Waals surface area contributed by atoms with Crippen molar-refractivity contribution >= 4 is 0 Å². The minimum absolute atomic E-state index is 0.0140. The second-order valence-corrected chi connectivity index (χ2v) is 4.32. The van der Waals surface area contributed by atoms with Gasteiger partial charge in [-0.3, -0.25) is 0 Å². The van der Waals surface area contributed by atoms with Crippen molar-refractivity contribution in [2.45, 2.75) is 45.7 Å². The summed E-state index contributed by atoms with van der Waals surface area (Å²) in [4.78, 5) is 4.23. The number of nitrogens with zero attached hydrogens (tertiary/aromatic N) is 2. The number of rotatable bonds is 4. The van der Waals surface area contributed by atoms with Gasteiger partial charge in [0.05, 0.1) is 23.8 Å². The predicted octanol–water partition coefficient (Wildman–Crippen LogP) is 2.31. The summed E-state index contributed by atoms with van der Waals surface area (Å²) in [5.74, 6) is 0. The smallest absolute Gasteiger partial charge is 0.0951 e. The topological polar surface area (TPSA) is 29.9 Å². The second kappa shape index (κ2) is 4.13. The number of hydrogen-bond acceptors (Lipinski definition) is 2. The SMILES string of the molecule is CCC(C)n1cncc1C(C)(C)NC. The maximum absolute atomic E-state index is 4.23. The molecule has 0 saturated heterocycles. The summed E-state index contributed by atoms with van der Waals surface area (Å²) in [7, 11) is 1.98. The average molecular weight is 195 g/mol. The van der Waals surface area contributed by atoms with Gasteiger partial charge in [-0.2, -0.15) is 0 Å². The van der Waals surface area contributed by atoms with Crippen molar-refractivity contribution < 1.29 is 0 Å². The van der Waals surface area contributed by atoms with Gasteiger partial charge in [0.1, 0.15) is 0 Å². The van der Waals surface area contributed by atoms with Crippen molar-refractivity contribution in [1.82, 2.24) is 14.9 Å². The van der Waals surface area contributed by atoms with Crippen LogP contribution in [0.2, 0.25) is 0 Å². The lowest BCUT2D eigenvalue weighted by molar-refractivity contribution is 0.386. The van der Waals surface area contributed by atoms with Crippen LogP contribution in [-0.4, -0.2) is 16.6 Å². The molecule has 80 valence electrons. The summed E-state index contributed by atoms with van der Waals surface area (Å²) >= 11 is 0. The van der Waals surface area contributed by atoms with Crippen molar-refractivity contribution in [2.75, 3.05) is 7.05 Å². The van der Waals surface area contributed by atoms with Gasteiger partial charge in [-0.25, -0.2) is 4.98 Å². The largest absolute Gasteiger partial charge is 0.330 e. The number of aromatic nitrogens is 2. The standard InChI is InChI=1S/C11H21N3/c1-6-9(2)14-8-13-7-10(14)11(3,4)12-5/h7-9,12H,6H2,1-5H3. The molecule has 0 saturated carbocycles. The monoisotopic (exact) mass is 195 g/mol. The fraction of sp³-hybridized carbons (Fsp3) is 0.727. The van der Waals surface area contributed by atoms with Gasteiger partial charge >= 0.3 is 0 Å². The number of nitrogens with one attached hydrogen (secondary N) is 1. The fourth-order valence-corrected chi connectivity index (χ4v) is 1.46. The zero-order valence-corrected chi connectivity index (χ0v) is 9.83. The van der Waals surface area contributed by atoms with Gasteiger partial charge in [0.2, 0.25) is 0 Å². The molecule has 3 heteroatoms. The van der Waals surface area contributed by atoms with E-state index in [-0.39, 0.29) is 5.54 Å². The summed E-state index contributed by atoms with van der Waals surface area (Å²) in [5, 5.41) is 3.30. The quantitative estimate of drug-likeness (QED) is 0.799. The van der Waals surface area contributed by atoms with Crippen LogP contribution in [0.25, 0.3) is 0 Å². The van der Waals surface area contributed by atoms with E-state index in [1.54, 1.807) is 0 Å². The van der Waals surface area contributed by atoms with Crippen molar-refractivity contribution in [2.24, 2.45) is 0 Å². The van der Waals surface area contributed by atoms with Crippen LogP contribution >= 0.6 is 0 Å². The van der Waals surface area contributed by atoms with Crippen LogP contribution in [0.4, 0.5) is 0 Å². The zero-order chi connectivity index (χ0) is 10.8. The first-order valence-corrected chi connectivity index (χ1v) is 5.24. The van der Waals surface area contributed by atoms with Crippen LogP contribution in [0, 0.1) is 0 Å². The van der Waals surface area contributed by atoms with E-state index in [0.717, 1.165) is 6.42 Å². The van der Waals surface area contributed by atoms with Gasteiger partial charge in [0.15, 0.2) is 0 Å². The molecule has 0 aliphatic rings. The zero-order valence-electron chi connectivity index (χ0n) is 9.83. The Hall–Kier alpha value is -0.830. The highest BCUT2D eigenvalue weighted by Gasteiger charge is 2.23. The molecular weight excluding hydrogens is 174 g/mol. The molecule has 0 radical (unpaired) electrons. The molecule has 1 rings (SSSR count). The molecule has 3 nitrogen and oxygen atoms in total. The molecule has 0 spiro atoms. The van der Waals surface area contributed by atoms with Gasteiger partial charge in [-0.05, 0) is 34.2 Å². The van der Waals surface area contributed by atoms with Gasteiger partial charge in [-0.1, -0.05) is 6.92 Å². The predicted molar refractivity (Wildman–Crippen MR) is 59.3 cm³/mol. The number of imidazole rings is 1. The van der Waals surface area contributed by atoms with E-state index in [1.807, 2.05) is 19.6 Å². The Morgan fingerprint density at radius 3 is 2.71 bits per heavy atom. The van der Waals surface area contributed by atoms with Crippen LogP contribution in [0.1, 0.15) is 45.9 Å². The minimum atomic E-state index is -0.0140. The van der Waals surface area contributed by atoms with Gasteiger partial charge in [-0.15, -0.1) is 0 Å². The van der Waals surface area contributed by atoms with Crippen LogP contribution < -0.4 is 5.32 Å². The highest BCUT2D eigenvalue weighted by atomic mass is 15.1. The van der Waals surface area contributed by atoms with Crippen molar-refractivity contribution in [1.29, 1.82) is 0 Å². The van der Waals surface area contributed by atoms with Gasteiger partial charge in [0, 0.05) is 6.04 Å². The van der Waals surface area contributed by atoms with E-state index < -0.39 is 0 Å². The van der Waals surface area contributed by atoms with Crippen molar-refractivity contribution in [3.05, 3.63) is 18.2 Å². The Morgan fingerprint density at radius 2 is 2.21 bits per heavy atom. The lowest BCUT2D eigenvalue weighted by Crippen LogP contribution is -2.35. The van der Waals surface area contributed by atoms with Crippen LogP contribution in [0.15, 0.2) is 12.5 Å². The number of hydrogen-bond donors (Lipinski definition) is 1. The summed E-state index contributed by atoms with van der Waals surface area (Å²) in [5.41, 5.74) is 1.23. The van der Waals surface area contributed by atoms with E-state index in [2.05, 4.69) is 42.6 Å². The molecule has 0 amide bonds. The fourth-order valence-electron chi connectivity index (χ4n) is 1.46. The lowest BCUT2D eigenvalue weighted by Gasteiger charge is -2.27. The van der Waals surface area contributed by atoms with E-state index >= 15 is 0 Å². The first kappa shape index (κ1) is 11.2. The third kappa shape index (κ3) is 1.98. The summed E-state index contributed by atoms with van der Waals surface area (Å²) in [6, 6.07) is 0.514. The third-order valence-electron chi connectivity index (χ3n) is 3.00. The molecule has 1 atom stereocenters. The molecule has 1 aromatic rings. The first-order valence-electron chi connectivity index (χ1n) is 5.24. The Morgan fingerprint density at radius 1 is 1.57 bits per heavy atom. The molecule has 0 aliphatic carbocycles. The molecule has 0 bridgehead atoms. The van der Waals surface area contributed by atoms with Gasteiger partial charge < -0.3 is 9.88 Å². The maximum Gasteiger partial charge on any atom is 0.0951 e. The van der Waals surface area contributed by atoms with E-state index in [4.69, 9.17) is 0 Å². The lowest BCUT2D eigenvalue weighted by atomic mass is 10.0. The van der Waals surface area contributed by atoms with Crippen molar-refractivity contribution in [3.63, 3.8) is 0 Å². The minimum Gasteiger partial charge on any atom is -0.330 e. The summed E-state index contributed by atoms with van der Waals surface area (Å²) in [6.45, 7) is 8.75.